The first kappa shape index (κ1) is 29.4. The van der Waals surface area contributed by atoms with Crippen LogP contribution in [0.1, 0.15) is 100 Å². The van der Waals surface area contributed by atoms with Crippen molar-refractivity contribution >= 4 is 5.78 Å². The number of hydrogen-bond donors (Lipinski definition) is 1. The van der Waals surface area contributed by atoms with Gasteiger partial charge in [0, 0.05) is 6.42 Å². The molecule has 0 bridgehead atoms. The van der Waals surface area contributed by atoms with Crippen molar-refractivity contribution in [3.05, 3.63) is 95.1 Å². The van der Waals surface area contributed by atoms with E-state index in [-0.39, 0.29) is 12.1 Å². The molecule has 38 heavy (non-hydrogen) atoms. The maximum Gasteiger partial charge on any atom is 0.196 e. The molecule has 1 N–H and O–H groups in total. The van der Waals surface area contributed by atoms with Crippen LogP contribution in [0, 0.1) is 0 Å². The van der Waals surface area contributed by atoms with Crippen molar-refractivity contribution in [2.75, 3.05) is 6.61 Å². The summed E-state index contributed by atoms with van der Waals surface area (Å²) in [6.07, 6.45) is 4.25. The molecule has 0 amide bonds. The number of ketones is 1. The standard InChI is InChI=1S/C34H44O4/c1-6-20-37-26(5)38-34-18-14-30(15-19-34)28(7-2)23-32(21-24(3)29-12-16-33(36)17-13-29)31-10-8-27(9-11-31)22-25(4)35/h8-19,24,26,28,32,36H,6-7,20-23H2,1-5H3. The number of phenolic OH excluding ortho intramolecular Hbond substituents is 1. The minimum absolute atomic E-state index is 0.181. The first-order chi connectivity index (χ1) is 18.3. The number of aromatic hydroxyl groups is 1. The predicted molar refractivity (Wildman–Crippen MR) is 155 cm³/mol. The van der Waals surface area contributed by atoms with Gasteiger partial charge in [-0.1, -0.05) is 69.3 Å². The molecule has 3 rings (SSSR count). The lowest BCUT2D eigenvalue weighted by atomic mass is 9.78. The zero-order valence-electron chi connectivity index (χ0n) is 23.7. The van der Waals surface area contributed by atoms with Crippen molar-refractivity contribution in [1.29, 1.82) is 0 Å². The van der Waals surface area contributed by atoms with Gasteiger partial charge in [-0.2, -0.15) is 0 Å². The highest BCUT2D eigenvalue weighted by Gasteiger charge is 2.22. The van der Waals surface area contributed by atoms with Crippen molar-refractivity contribution < 1.29 is 19.4 Å². The summed E-state index contributed by atoms with van der Waals surface area (Å²) in [5.41, 5.74) is 4.92. The third kappa shape index (κ3) is 9.02. The summed E-state index contributed by atoms with van der Waals surface area (Å²) in [6, 6.07) is 24.7. The molecule has 3 aromatic rings. The molecule has 0 fully saturated rings. The second kappa shape index (κ2) is 14.7. The summed E-state index contributed by atoms with van der Waals surface area (Å²) < 4.78 is 11.6. The number of ether oxygens (including phenoxy) is 2. The fourth-order valence-electron chi connectivity index (χ4n) is 5.14. The first-order valence-corrected chi connectivity index (χ1v) is 14.0. The lowest BCUT2D eigenvalue weighted by Crippen LogP contribution is -2.16. The summed E-state index contributed by atoms with van der Waals surface area (Å²) in [5.74, 6) is 2.41. The van der Waals surface area contributed by atoms with E-state index in [0.29, 0.717) is 36.5 Å². The zero-order valence-corrected chi connectivity index (χ0v) is 23.7. The van der Waals surface area contributed by atoms with Crippen LogP contribution in [-0.2, 0) is 16.0 Å². The third-order valence-corrected chi connectivity index (χ3v) is 7.28. The molecular formula is C34H44O4. The number of hydrogen-bond acceptors (Lipinski definition) is 4. The SMILES string of the molecule is CCCOC(C)Oc1ccc(C(CC)CC(CC(C)c2ccc(O)cc2)c2ccc(CC(C)=O)cc2)cc1. The molecule has 0 aliphatic heterocycles. The van der Waals surface area contributed by atoms with Crippen LogP contribution in [0.15, 0.2) is 72.8 Å². The number of carbonyl (C=O) groups excluding carboxylic acids is 1. The van der Waals surface area contributed by atoms with Gasteiger partial charge < -0.3 is 14.6 Å². The van der Waals surface area contributed by atoms with E-state index >= 15 is 0 Å². The number of phenols is 1. The van der Waals surface area contributed by atoms with Gasteiger partial charge in [-0.3, -0.25) is 4.79 Å². The second-order valence-electron chi connectivity index (χ2n) is 10.5. The van der Waals surface area contributed by atoms with Crippen LogP contribution < -0.4 is 4.74 Å². The minimum Gasteiger partial charge on any atom is -0.508 e. The van der Waals surface area contributed by atoms with Gasteiger partial charge in [0.2, 0.25) is 0 Å². The van der Waals surface area contributed by atoms with Crippen LogP contribution in [0.2, 0.25) is 0 Å². The van der Waals surface area contributed by atoms with Gasteiger partial charge in [-0.05, 0) is 104 Å². The molecule has 0 saturated heterocycles. The van der Waals surface area contributed by atoms with E-state index in [0.717, 1.165) is 37.0 Å². The van der Waals surface area contributed by atoms with E-state index in [4.69, 9.17) is 9.47 Å². The summed E-state index contributed by atoms with van der Waals surface area (Å²) in [5, 5.41) is 9.73. The van der Waals surface area contributed by atoms with Crippen molar-refractivity contribution in [3.63, 3.8) is 0 Å². The number of benzene rings is 3. The molecule has 4 atom stereocenters. The smallest absolute Gasteiger partial charge is 0.196 e. The third-order valence-electron chi connectivity index (χ3n) is 7.28. The van der Waals surface area contributed by atoms with E-state index < -0.39 is 0 Å². The van der Waals surface area contributed by atoms with Gasteiger partial charge in [0.15, 0.2) is 6.29 Å². The molecule has 0 heterocycles. The van der Waals surface area contributed by atoms with Crippen LogP contribution in [0.3, 0.4) is 0 Å². The average molecular weight is 517 g/mol. The van der Waals surface area contributed by atoms with Crippen molar-refractivity contribution in [2.24, 2.45) is 0 Å². The highest BCUT2D eigenvalue weighted by molar-refractivity contribution is 5.78. The van der Waals surface area contributed by atoms with Crippen molar-refractivity contribution in [2.45, 2.75) is 90.8 Å². The van der Waals surface area contributed by atoms with E-state index in [9.17, 15) is 9.90 Å². The Kier molecular flexibility index (Phi) is 11.4. The fourth-order valence-corrected chi connectivity index (χ4v) is 5.14. The predicted octanol–water partition coefficient (Wildman–Crippen LogP) is 8.54. The topological polar surface area (TPSA) is 55.8 Å². The Morgan fingerprint density at radius 1 is 0.789 bits per heavy atom. The van der Waals surface area contributed by atoms with Crippen LogP contribution in [0.5, 0.6) is 11.5 Å². The van der Waals surface area contributed by atoms with E-state index in [1.807, 2.05) is 19.1 Å². The molecule has 0 aliphatic rings. The highest BCUT2D eigenvalue weighted by Crippen LogP contribution is 2.39. The van der Waals surface area contributed by atoms with Gasteiger partial charge >= 0.3 is 0 Å². The molecule has 0 radical (unpaired) electrons. The molecule has 204 valence electrons. The maximum atomic E-state index is 11.6. The first-order valence-electron chi connectivity index (χ1n) is 14.0. The van der Waals surface area contributed by atoms with Crippen molar-refractivity contribution in [3.8, 4) is 11.5 Å². The summed E-state index contributed by atoms with van der Waals surface area (Å²) in [7, 11) is 0. The van der Waals surface area contributed by atoms with E-state index in [1.54, 1.807) is 19.1 Å². The zero-order chi connectivity index (χ0) is 27.5. The Morgan fingerprint density at radius 2 is 1.37 bits per heavy atom. The quantitative estimate of drug-likeness (QED) is 0.206. The normalized spacial score (nSPS) is 14.4. The van der Waals surface area contributed by atoms with E-state index in [2.05, 4.69) is 69.3 Å². The van der Waals surface area contributed by atoms with Gasteiger partial charge in [-0.15, -0.1) is 0 Å². The molecule has 4 unspecified atom stereocenters. The maximum absolute atomic E-state index is 11.6. The van der Waals surface area contributed by atoms with E-state index in [1.165, 1.54) is 16.7 Å². The monoisotopic (exact) mass is 516 g/mol. The lowest BCUT2D eigenvalue weighted by Gasteiger charge is -2.27. The molecular weight excluding hydrogens is 472 g/mol. The van der Waals surface area contributed by atoms with Gasteiger partial charge in [-0.25, -0.2) is 0 Å². The Bertz CT molecular complexity index is 1100. The second-order valence-corrected chi connectivity index (χ2v) is 10.5. The van der Waals surface area contributed by atoms with Crippen LogP contribution in [-0.4, -0.2) is 23.8 Å². The number of Topliss-reactive ketones (excluding diaryl/α,β-unsaturated/α-hetero) is 1. The summed E-state index contributed by atoms with van der Waals surface area (Å²) >= 11 is 0. The number of carbonyl (C=O) groups is 1. The fraction of sp³-hybridized carbons (Fsp3) is 0.441. The van der Waals surface area contributed by atoms with Gasteiger partial charge in [0.05, 0.1) is 6.61 Å². The molecule has 0 saturated carbocycles. The molecule has 4 nitrogen and oxygen atoms in total. The molecule has 4 heteroatoms. The molecule has 3 aromatic carbocycles. The minimum atomic E-state index is -0.264. The molecule has 0 spiro atoms. The average Bonchev–Trinajstić information content (AvgIpc) is 2.91. The van der Waals surface area contributed by atoms with Crippen LogP contribution in [0.25, 0.3) is 0 Å². The van der Waals surface area contributed by atoms with Crippen LogP contribution in [0.4, 0.5) is 0 Å². The number of rotatable bonds is 15. The Morgan fingerprint density at radius 3 is 1.95 bits per heavy atom. The largest absolute Gasteiger partial charge is 0.508 e. The summed E-state index contributed by atoms with van der Waals surface area (Å²) in [6.45, 7) is 10.9. The van der Waals surface area contributed by atoms with Crippen molar-refractivity contribution in [1.82, 2.24) is 0 Å². The van der Waals surface area contributed by atoms with Gasteiger partial charge in [0.25, 0.3) is 0 Å². The molecule has 0 aliphatic carbocycles. The highest BCUT2D eigenvalue weighted by atomic mass is 16.7. The van der Waals surface area contributed by atoms with Gasteiger partial charge in [0.1, 0.15) is 17.3 Å². The molecule has 0 aromatic heterocycles. The Hall–Kier alpha value is -3.11. The van der Waals surface area contributed by atoms with Crippen LogP contribution >= 0.6 is 0 Å². The summed E-state index contributed by atoms with van der Waals surface area (Å²) in [4.78, 5) is 11.6. The Labute approximate surface area is 229 Å². The Balaban J connectivity index is 1.79. The lowest BCUT2D eigenvalue weighted by molar-refractivity contribution is -0.116.